The molecular formula is C11H16N6O. The molecule has 2 rings (SSSR count). The first-order valence-corrected chi connectivity index (χ1v) is 5.96. The Kier molecular flexibility index (Phi) is 3.50. The van der Waals surface area contributed by atoms with Crippen molar-refractivity contribution < 1.29 is 4.79 Å². The van der Waals surface area contributed by atoms with Gasteiger partial charge in [0.05, 0.1) is 18.3 Å². The minimum absolute atomic E-state index is 0.442. The molecule has 0 N–H and O–H groups in total. The molecule has 0 aromatic carbocycles. The maximum atomic E-state index is 11.1. The average molecular weight is 248 g/mol. The van der Waals surface area contributed by atoms with E-state index in [0.717, 1.165) is 30.5 Å². The number of hydrogen-bond acceptors (Lipinski definition) is 5. The third-order valence-electron chi connectivity index (χ3n) is 2.80. The molecule has 0 amide bonds. The number of aryl methyl sites for hydroxylation is 2. The summed E-state index contributed by atoms with van der Waals surface area (Å²) in [4.78, 5) is 12.5. The van der Waals surface area contributed by atoms with Gasteiger partial charge >= 0.3 is 0 Å². The quantitative estimate of drug-likeness (QED) is 0.715. The summed E-state index contributed by atoms with van der Waals surface area (Å²) in [7, 11) is 1.72. The van der Waals surface area contributed by atoms with Crippen LogP contribution in [-0.4, -0.2) is 36.3 Å². The SMILES string of the molecule is CCc1nn(Cc2nnn(C)n2)c(CC)c1C=O. The van der Waals surface area contributed by atoms with Crippen LogP contribution >= 0.6 is 0 Å². The van der Waals surface area contributed by atoms with E-state index >= 15 is 0 Å². The smallest absolute Gasteiger partial charge is 0.196 e. The maximum absolute atomic E-state index is 11.1. The molecule has 0 unspecified atom stereocenters. The summed E-state index contributed by atoms with van der Waals surface area (Å²) in [6, 6.07) is 0. The van der Waals surface area contributed by atoms with E-state index in [-0.39, 0.29) is 0 Å². The Morgan fingerprint density at radius 3 is 2.50 bits per heavy atom. The van der Waals surface area contributed by atoms with Crippen molar-refractivity contribution in [3.63, 3.8) is 0 Å². The van der Waals surface area contributed by atoms with Crippen molar-refractivity contribution in [2.24, 2.45) is 7.05 Å². The van der Waals surface area contributed by atoms with Crippen molar-refractivity contribution in [3.05, 3.63) is 22.8 Å². The van der Waals surface area contributed by atoms with Gasteiger partial charge in [-0.05, 0) is 18.1 Å². The van der Waals surface area contributed by atoms with Gasteiger partial charge in [-0.1, -0.05) is 13.8 Å². The van der Waals surface area contributed by atoms with Crippen LogP contribution in [0.15, 0.2) is 0 Å². The topological polar surface area (TPSA) is 78.5 Å². The van der Waals surface area contributed by atoms with Gasteiger partial charge in [0.25, 0.3) is 0 Å². The van der Waals surface area contributed by atoms with E-state index in [9.17, 15) is 4.79 Å². The number of carbonyl (C=O) groups is 1. The van der Waals surface area contributed by atoms with E-state index in [1.54, 1.807) is 11.7 Å². The van der Waals surface area contributed by atoms with E-state index in [0.29, 0.717) is 17.9 Å². The van der Waals surface area contributed by atoms with Crippen molar-refractivity contribution >= 4 is 6.29 Å². The Labute approximate surface area is 105 Å². The molecule has 0 fully saturated rings. The standard InChI is InChI=1S/C11H16N6O/c1-4-9-8(7-18)10(5-2)17(13-9)6-11-12-15-16(3)14-11/h7H,4-6H2,1-3H3. The summed E-state index contributed by atoms with van der Waals surface area (Å²) in [5.41, 5.74) is 2.45. The highest BCUT2D eigenvalue weighted by Crippen LogP contribution is 2.14. The van der Waals surface area contributed by atoms with E-state index in [1.165, 1.54) is 4.80 Å². The van der Waals surface area contributed by atoms with Gasteiger partial charge in [0.15, 0.2) is 12.1 Å². The zero-order chi connectivity index (χ0) is 13.1. The Balaban J connectivity index is 2.37. The molecule has 0 spiro atoms. The van der Waals surface area contributed by atoms with Gasteiger partial charge < -0.3 is 0 Å². The lowest BCUT2D eigenvalue weighted by molar-refractivity contribution is 0.112. The first-order valence-electron chi connectivity index (χ1n) is 5.96. The van der Waals surface area contributed by atoms with Crippen molar-refractivity contribution in [2.45, 2.75) is 33.2 Å². The second-order valence-electron chi connectivity index (χ2n) is 3.98. The predicted octanol–water partition coefficient (Wildman–Crippen LogP) is 0.392. The van der Waals surface area contributed by atoms with Crippen LogP contribution in [0.25, 0.3) is 0 Å². The minimum atomic E-state index is 0.442. The number of aromatic nitrogens is 6. The summed E-state index contributed by atoms with van der Waals surface area (Å²) in [5.74, 6) is 0.592. The molecule has 0 aliphatic carbocycles. The lowest BCUT2D eigenvalue weighted by Crippen LogP contribution is -2.08. The van der Waals surface area contributed by atoms with Gasteiger partial charge in [-0.3, -0.25) is 9.48 Å². The molecule has 0 radical (unpaired) electrons. The fraction of sp³-hybridized carbons (Fsp3) is 0.545. The zero-order valence-corrected chi connectivity index (χ0v) is 10.8. The molecule has 0 saturated heterocycles. The summed E-state index contributed by atoms with van der Waals surface area (Å²) >= 11 is 0. The molecule has 0 atom stereocenters. The fourth-order valence-corrected chi connectivity index (χ4v) is 1.99. The lowest BCUT2D eigenvalue weighted by Gasteiger charge is -2.02. The highest BCUT2D eigenvalue weighted by Gasteiger charge is 2.16. The lowest BCUT2D eigenvalue weighted by atomic mass is 10.1. The Hall–Kier alpha value is -2.05. The Morgan fingerprint density at radius 1 is 1.22 bits per heavy atom. The highest BCUT2D eigenvalue weighted by molar-refractivity contribution is 5.78. The highest BCUT2D eigenvalue weighted by atomic mass is 16.1. The van der Waals surface area contributed by atoms with E-state index in [2.05, 4.69) is 20.5 Å². The normalized spacial score (nSPS) is 10.8. The van der Waals surface area contributed by atoms with Gasteiger partial charge in [-0.25, -0.2) is 0 Å². The van der Waals surface area contributed by atoms with Gasteiger partial charge in [-0.2, -0.15) is 9.90 Å². The monoisotopic (exact) mass is 248 g/mol. The van der Waals surface area contributed by atoms with Crippen LogP contribution in [0.5, 0.6) is 0 Å². The average Bonchev–Trinajstić information content (AvgIpc) is 2.92. The molecule has 7 nitrogen and oxygen atoms in total. The van der Waals surface area contributed by atoms with Crippen LogP contribution in [0, 0.1) is 0 Å². The molecule has 2 aromatic heterocycles. The number of nitrogens with zero attached hydrogens (tertiary/aromatic N) is 6. The summed E-state index contributed by atoms with van der Waals surface area (Å²) in [5, 5.41) is 16.3. The van der Waals surface area contributed by atoms with Crippen molar-refractivity contribution in [2.75, 3.05) is 0 Å². The molecule has 0 aliphatic heterocycles. The second-order valence-corrected chi connectivity index (χ2v) is 3.98. The third-order valence-corrected chi connectivity index (χ3v) is 2.80. The van der Waals surface area contributed by atoms with Crippen LogP contribution < -0.4 is 0 Å². The summed E-state index contributed by atoms with van der Waals surface area (Å²) in [6.07, 6.45) is 2.37. The maximum Gasteiger partial charge on any atom is 0.196 e. The molecule has 2 heterocycles. The van der Waals surface area contributed by atoms with Crippen LogP contribution in [0.4, 0.5) is 0 Å². The molecule has 2 aromatic rings. The molecule has 18 heavy (non-hydrogen) atoms. The number of rotatable bonds is 5. The Morgan fingerprint density at radius 2 is 2.00 bits per heavy atom. The van der Waals surface area contributed by atoms with Crippen LogP contribution in [0.1, 0.15) is 41.4 Å². The molecule has 0 aliphatic rings. The van der Waals surface area contributed by atoms with Gasteiger partial charge in [0, 0.05) is 5.69 Å². The second kappa shape index (κ2) is 5.07. The van der Waals surface area contributed by atoms with E-state index in [1.807, 2.05) is 13.8 Å². The van der Waals surface area contributed by atoms with Crippen LogP contribution in [-0.2, 0) is 26.4 Å². The van der Waals surface area contributed by atoms with Crippen LogP contribution in [0.3, 0.4) is 0 Å². The van der Waals surface area contributed by atoms with Crippen molar-refractivity contribution in [3.8, 4) is 0 Å². The number of carbonyl (C=O) groups excluding carboxylic acids is 1. The number of aldehydes is 1. The van der Waals surface area contributed by atoms with E-state index in [4.69, 9.17) is 0 Å². The van der Waals surface area contributed by atoms with Crippen molar-refractivity contribution in [1.82, 2.24) is 30.0 Å². The molecule has 7 heteroatoms. The van der Waals surface area contributed by atoms with Crippen LogP contribution in [0.2, 0.25) is 0 Å². The number of tetrazole rings is 1. The molecular weight excluding hydrogens is 232 g/mol. The first kappa shape index (κ1) is 12.4. The van der Waals surface area contributed by atoms with Crippen molar-refractivity contribution in [1.29, 1.82) is 0 Å². The third kappa shape index (κ3) is 2.15. The fourth-order valence-electron chi connectivity index (χ4n) is 1.99. The van der Waals surface area contributed by atoms with E-state index < -0.39 is 0 Å². The molecule has 96 valence electrons. The number of hydrogen-bond donors (Lipinski definition) is 0. The largest absolute Gasteiger partial charge is 0.298 e. The molecule has 0 saturated carbocycles. The van der Waals surface area contributed by atoms with Gasteiger partial charge in [0.2, 0.25) is 0 Å². The van der Waals surface area contributed by atoms with Gasteiger partial charge in [-0.15, -0.1) is 10.2 Å². The first-order chi connectivity index (χ1) is 8.69. The Bertz CT molecular complexity index is 556. The van der Waals surface area contributed by atoms with Gasteiger partial charge in [0.1, 0.15) is 6.54 Å². The summed E-state index contributed by atoms with van der Waals surface area (Å²) < 4.78 is 1.79. The minimum Gasteiger partial charge on any atom is -0.298 e. The summed E-state index contributed by atoms with van der Waals surface area (Å²) in [6.45, 7) is 4.43. The molecule has 0 bridgehead atoms. The zero-order valence-electron chi connectivity index (χ0n) is 10.8. The predicted molar refractivity (Wildman–Crippen MR) is 64.3 cm³/mol.